The number of ether oxygens (including phenoxy) is 1. The fourth-order valence-electron chi connectivity index (χ4n) is 1.01. The summed E-state index contributed by atoms with van der Waals surface area (Å²) >= 11 is 0. The van der Waals surface area contributed by atoms with Crippen molar-refractivity contribution in [3.63, 3.8) is 0 Å². The molecule has 1 atom stereocenters. The Labute approximate surface area is 89.5 Å². The molecule has 84 valence electrons. The van der Waals surface area contributed by atoms with Crippen molar-refractivity contribution < 1.29 is 9.84 Å². The lowest BCUT2D eigenvalue weighted by atomic mass is 10.3. The first-order chi connectivity index (χ1) is 7.13. The second-order valence-corrected chi connectivity index (χ2v) is 3.60. The quantitative estimate of drug-likeness (QED) is 0.762. The van der Waals surface area contributed by atoms with Crippen LogP contribution in [-0.4, -0.2) is 33.8 Å². The van der Waals surface area contributed by atoms with E-state index in [2.05, 4.69) is 15.3 Å². The van der Waals surface area contributed by atoms with E-state index >= 15 is 0 Å². The van der Waals surface area contributed by atoms with Crippen LogP contribution in [0.5, 0.6) is 5.88 Å². The van der Waals surface area contributed by atoms with Gasteiger partial charge in [-0.1, -0.05) is 0 Å². The highest BCUT2D eigenvalue weighted by molar-refractivity contribution is 5.45. The van der Waals surface area contributed by atoms with Gasteiger partial charge in [-0.25, -0.2) is 9.97 Å². The van der Waals surface area contributed by atoms with Crippen molar-refractivity contribution >= 4 is 5.82 Å². The van der Waals surface area contributed by atoms with Gasteiger partial charge in [0.15, 0.2) is 5.82 Å². The average Bonchev–Trinajstić information content (AvgIpc) is 2.20. The number of rotatable bonds is 5. The third-order valence-corrected chi connectivity index (χ3v) is 1.67. The van der Waals surface area contributed by atoms with Gasteiger partial charge in [0.2, 0.25) is 0 Å². The third kappa shape index (κ3) is 3.71. The minimum atomic E-state index is -0.0730. The molecule has 1 aromatic rings. The highest BCUT2D eigenvalue weighted by Crippen LogP contribution is 2.19. The zero-order valence-electron chi connectivity index (χ0n) is 9.27. The SMILES string of the molecule is CC(CO)Nc1nccnc1OC(C)C. The Morgan fingerprint density at radius 2 is 2.00 bits per heavy atom. The van der Waals surface area contributed by atoms with Gasteiger partial charge in [0, 0.05) is 18.4 Å². The number of nitrogens with one attached hydrogen (secondary N) is 1. The molecule has 0 aliphatic rings. The number of aliphatic hydroxyl groups is 1. The molecule has 0 spiro atoms. The van der Waals surface area contributed by atoms with Gasteiger partial charge in [0.05, 0.1) is 12.7 Å². The predicted octanol–water partition coefficient (Wildman–Crippen LogP) is 1.06. The summed E-state index contributed by atoms with van der Waals surface area (Å²) in [6.07, 6.45) is 3.21. The van der Waals surface area contributed by atoms with Gasteiger partial charge in [-0.05, 0) is 20.8 Å². The Kier molecular flexibility index (Phi) is 4.30. The summed E-state index contributed by atoms with van der Waals surface area (Å²) in [4.78, 5) is 8.19. The summed E-state index contributed by atoms with van der Waals surface area (Å²) in [5, 5.41) is 11.9. The molecule has 0 bridgehead atoms. The third-order valence-electron chi connectivity index (χ3n) is 1.67. The lowest BCUT2D eigenvalue weighted by molar-refractivity contribution is 0.232. The lowest BCUT2D eigenvalue weighted by Gasteiger charge is -2.15. The van der Waals surface area contributed by atoms with Crippen LogP contribution in [0.25, 0.3) is 0 Å². The fourth-order valence-corrected chi connectivity index (χ4v) is 1.01. The molecule has 0 aliphatic heterocycles. The molecule has 0 saturated carbocycles. The highest BCUT2D eigenvalue weighted by atomic mass is 16.5. The van der Waals surface area contributed by atoms with E-state index in [0.29, 0.717) is 11.7 Å². The molecule has 0 amide bonds. The summed E-state index contributed by atoms with van der Waals surface area (Å²) in [5.74, 6) is 1.03. The van der Waals surface area contributed by atoms with Crippen molar-refractivity contribution in [1.82, 2.24) is 9.97 Å². The Hall–Kier alpha value is -1.36. The van der Waals surface area contributed by atoms with E-state index in [1.807, 2.05) is 20.8 Å². The van der Waals surface area contributed by atoms with Crippen molar-refractivity contribution in [2.75, 3.05) is 11.9 Å². The number of aromatic nitrogens is 2. The fraction of sp³-hybridized carbons (Fsp3) is 0.600. The van der Waals surface area contributed by atoms with Crippen LogP contribution >= 0.6 is 0 Å². The minimum Gasteiger partial charge on any atom is -0.472 e. The van der Waals surface area contributed by atoms with E-state index in [1.165, 1.54) is 0 Å². The Morgan fingerprint density at radius 3 is 2.60 bits per heavy atom. The van der Waals surface area contributed by atoms with Crippen molar-refractivity contribution in [3.8, 4) is 5.88 Å². The molecule has 1 aromatic heterocycles. The first-order valence-electron chi connectivity index (χ1n) is 4.98. The van der Waals surface area contributed by atoms with Crippen LogP contribution < -0.4 is 10.1 Å². The minimum absolute atomic E-state index is 0.0394. The van der Waals surface area contributed by atoms with E-state index in [1.54, 1.807) is 12.4 Å². The number of hydrogen-bond acceptors (Lipinski definition) is 5. The van der Waals surface area contributed by atoms with Crippen LogP contribution in [0.2, 0.25) is 0 Å². The van der Waals surface area contributed by atoms with E-state index in [0.717, 1.165) is 0 Å². The van der Waals surface area contributed by atoms with E-state index in [9.17, 15) is 0 Å². The number of hydrogen-bond donors (Lipinski definition) is 2. The van der Waals surface area contributed by atoms with Crippen molar-refractivity contribution in [3.05, 3.63) is 12.4 Å². The summed E-state index contributed by atoms with van der Waals surface area (Å²) in [5.41, 5.74) is 0. The van der Waals surface area contributed by atoms with Crippen LogP contribution in [-0.2, 0) is 0 Å². The molecular weight excluding hydrogens is 194 g/mol. The maximum atomic E-state index is 8.92. The van der Waals surface area contributed by atoms with E-state index in [-0.39, 0.29) is 18.8 Å². The first-order valence-corrected chi connectivity index (χ1v) is 4.98. The Bertz CT molecular complexity index is 304. The number of anilines is 1. The maximum absolute atomic E-state index is 8.92. The predicted molar refractivity (Wildman–Crippen MR) is 58.0 cm³/mol. The van der Waals surface area contributed by atoms with Gasteiger partial charge in [-0.3, -0.25) is 0 Å². The van der Waals surface area contributed by atoms with Crippen LogP contribution in [0.15, 0.2) is 12.4 Å². The molecule has 1 rings (SSSR count). The van der Waals surface area contributed by atoms with E-state index in [4.69, 9.17) is 9.84 Å². The Balaban J connectivity index is 2.76. The zero-order chi connectivity index (χ0) is 11.3. The van der Waals surface area contributed by atoms with Gasteiger partial charge in [0.1, 0.15) is 0 Å². The normalized spacial score (nSPS) is 12.6. The largest absolute Gasteiger partial charge is 0.472 e. The van der Waals surface area contributed by atoms with Crippen molar-refractivity contribution in [1.29, 1.82) is 0 Å². The molecule has 2 N–H and O–H groups in total. The molecule has 5 nitrogen and oxygen atoms in total. The van der Waals surface area contributed by atoms with Gasteiger partial charge < -0.3 is 15.2 Å². The lowest BCUT2D eigenvalue weighted by Crippen LogP contribution is -2.21. The molecule has 0 aromatic carbocycles. The highest BCUT2D eigenvalue weighted by Gasteiger charge is 2.10. The van der Waals surface area contributed by atoms with Gasteiger partial charge in [0.25, 0.3) is 5.88 Å². The van der Waals surface area contributed by atoms with Crippen molar-refractivity contribution in [2.24, 2.45) is 0 Å². The van der Waals surface area contributed by atoms with Gasteiger partial charge in [-0.2, -0.15) is 0 Å². The summed E-state index contributed by atoms with van der Waals surface area (Å²) in [7, 11) is 0. The van der Waals surface area contributed by atoms with Crippen LogP contribution in [0.4, 0.5) is 5.82 Å². The summed E-state index contributed by atoms with van der Waals surface area (Å²) < 4.78 is 5.47. The topological polar surface area (TPSA) is 67.3 Å². The monoisotopic (exact) mass is 211 g/mol. The molecule has 0 fully saturated rings. The molecule has 0 saturated heterocycles. The second kappa shape index (κ2) is 5.50. The van der Waals surface area contributed by atoms with Crippen LogP contribution in [0, 0.1) is 0 Å². The molecule has 0 radical (unpaired) electrons. The molecule has 1 unspecified atom stereocenters. The molecular formula is C10H17N3O2. The van der Waals surface area contributed by atoms with Gasteiger partial charge in [-0.15, -0.1) is 0 Å². The van der Waals surface area contributed by atoms with Crippen LogP contribution in [0.3, 0.4) is 0 Å². The van der Waals surface area contributed by atoms with E-state index < -0.39 is 0 Å². The maximum Gasteiger partial charge on any atom is 0.257 e. The zero-order valence-corrected chi connectivity index (χ0v) is 9.27. The van der Waals surface area contributed by atoms with Crippen molar-refractivity contribution in [2.45, 2.75) is 32.9 Å². The second-order valence-electron chi connectivity index (χ2n) is 3.60. The number of nitrogens with zero attached hydrogens (tertiary/aromatic N) is 2. The number of aliphatic hydroxyl groups excluding tert-OH is 1. The summed E-state index contributed by atoms with van der Waals surface area (Å²) in [6, 6.07) is -0.0730. The average molecular weight is 211 g/mol. The molecule has 5 heteroatoms. The van der Waals surface area contributed by atoms with Crippen LogP contribution in [0.1, 0.15) is 20.8 Å². The molecule has 15 heavy (non-hydrogen) atoms. The molecule has 0 aliphatic carbocycles. The standard InChI is InChI=1S/C10H17N3O2/c1-7(2)15-10-9(11-4-5-12-10)13-8(3)6-14/h4-5,7-8,14H,6H2,1-3H3,(H,11,13). The van der Waals surface area contributed by atoms with Gasteiger partial charge >= 0.3 is 0 Å². The molecule has 1 heterocycles. The first kappa shape index (κ1) is 11.7. The smallest absolute Gasteiger partial charge is 0.257 e. The Morgan fingerprint density at radius 1 is 1.33 bits per heavy atom. The summed E-state index contributed by atoms with van der Waals surface area (Å²) in [6.45, 7) is 5.74.